The number of aliphatic carboxylic acids is 1. The second-order valence-corrected chi connectivity index (χ2v) is 5.73. The van der Waals surface area contributed by atoms with Crippen molar-refractivity contribution < 1.29 is 19.1 Å². The van der Waals surface area contributed by atoms with Gasteiger partial charge in [0.05, 0.1) is 15.7 Å². The Labute approximate surface area is 130 Å². The van der Waals surface area contributed by atoms with Crippen molar-refractivity contribution in [3.05, 3.63) is 28.0 Å². The van der Waals surface area contributed by atoms with Crippen molar-refractivity contribution in [2.24, 2.45) is 0 Å². The zero-order chi connectivity index (χ0) is 15.6. The van der Waals surface area contributed by atoms with Gasteiger partial charge in [-0.15, -0.1) is 0 Å². The molecule has 0 aliphatic heterocycles. The molecule has 0 bridgehead atoms. The summed E-state index contributed by atoms with van der Waals surface area (Å²) in [6.07, 6.45) is 2.18. The fourth-order valence-electron chi connectivity index (χ4n) is 2.39. The molecule has 0 radical (unpaired) electrons. The van der Waals surface area contributed by atoms with Crippen LogP contribution in [0.5, 0.6) is 0 Å². The molecule has 2 rings (SSSR count). The number of nitrogens with one attached hydrogen (secondary N) is 2. The molecule has 2 amide bonds. The van der Waals surface area contributed by atoms with Gasteiger partial charge in [-0.3, -0.25) is 0 Å². The van der Waals surface area contributed by atoms with Gasteiger partial charge in [0.1, 0.15) is 11.4 Å². The molecule has 1 aliphatic rings. The topological polar surface area (TPSA) is 78.4 Å². The summed E-state index contributed by atoms with van der Waals surface area (Å²) >= 11 is 11.6. The van der Waals surface area contributed by atoms with E-state index < -0.39 is 23.4 Å². The summed E-state index contributed by atoms with van der Waals surface area (Å²) in [5, 5.41) is 14.0. The van der Waals surface area contributed by atoms with Gasteiger partial charge in [-0.25, -0.2) is 14.0 Å². The molecule has 0 spiro atoms. The zero-order valence-electron chi connectivity index (χ0n) is 10.9. The van der Waals surface area contributed by atoms with E-state index in [1.165, 1.54) is 0 Å². The minimum absolute atomic E-state index is 0.0377. The van der Waals surface area contributed by atoms with Crippen LogP contribution in [0, 0.1) is 5.82 Å². The van der Waals surface area contributed by atoms with Crippen LogP contribution in [-0.2, 0) is 4.79 Å². The summed E-state index contributed by atoms with van der Waals surface area (Å²) < 4.78 is 13.1. The van der Waals surface area contributed by atoms with E-state index >= 15 is 0 Å². The predicted molar refractivity (Wildman–Crippen MR) is 77.4 cm³/mol. The summed E-state index contributed by atoms with van der Waals surface area (Å²) in [5.41, 5.74) is -1.24. The molecular formula is C13H13Cl2FN2O3. The van der Waals surface area contributed by atoms with Crippen LogP contribution in [0.1, 0.15) is 25.7 Å². The van der Waals surface area contributed by atoms with Crippen molar-refractivity contribution in [3.8, 4) is 0 Å². The number of hydrogen-bond acceptors (Lipinski definition) is 2. The highest BCUT2D eigenvalue weighted by Crippen LogP contribution is 2.33. The zero-order valence-corrected chi connectivity index (χ0v) is 12.4. The minimum atomic E-state index is -1.27. The molecule has 1 aliphatic carbocycles. The Morgan fingerprint density at radius 3 is 2.19 bits per heavy atom. The summed E-state index contributed by atoms with van der Waals surface area (Å²) in [7, 11) is 0. The first-order valence-electron chi connectivity index (χ1n) is 6.31. The molecular weight excluding hydrogens is 322 g/mol. The summed E-state index contributed by atoms with van der Waals surface area (Å²) in [5.74, 6) is -1.71. The molecule has 1 aromatic carbocycles. The van der Waals surface area contributed by atoms with Crippen LogP contribution < -0.4 is 10.6 Å². The SMILES string of the molecule is O=C(Nc1c(Cl)cc(F)cc1Cl)NC1(C(=O)O)CCCC1. The maximum atomic E-state index is 13.1. The van der Waals surface area contributed by atoms with Crippen LogP contribution in [0.2, 0.25) is 10.0 Å². The van der Waals surface area contributed by atoms with E-state index in [9.17, 15) is 19.1 Å². The molecule has 0 heterocycles. The van der Waals surface area contributed by atoms with Gasteiger partial charge >= 0.3 is 12.0 Å². The number of halogens is 3. The van der Waals surface area contributed by atoms with Gasteiger partial charge in [0.25, 0.3) is 0 Å². The molecule has 0 aromatic heterocycles. The molecule has 0 atom stereocenters. The van der Waals surface area contributed by atoms with E-state index in [0.29, 0.717) is 12.8 Å². The lowest BCUT2D eigenvalue weighted by molar-refractivity contribution is -0.144. The molecule has 3 N–H and O–H groups in total. The molecule has 1 fully saturated rings. The first-order valence-corrected chi connectivity index (χ1v) is 7.07. The molecule has 21 heavy (non-hydrogen) atoms. The van der Waals surface area contributed by atoms with Crippen molar-refractivity contribution >= 4 is 40.9 Å². The molecule has 114 valence electrons. The number of rotatable bonds is 3. The third kappa shape index (κ3) is 3.39. The van der Waals surface area contributed by atoms with Crippen LogP contribution in [0.15, 0.2) is 12.1 Å². The van der Waals surface area contributed by atoms with Crippen LogP contribution in [0.3, 0.4) is 0 Å². The number of urea groups is 1. The van der Waals surface area contributed by atoms with Gasteiger partial charge in [-0.2, -0.15) is 0 Å². The fourth-order valence-corrected chi connectivity index (χ4v) is 2.95. The van der Waals surface area contributed by atoms with Gasteiger partial charge < -0.3 is 15.7 Å². The Hall–Kier alpha value is -1.53. The predicted octanol–water partition coefficient (Wildman–Crippen LogP) is 3.65. The summed E-state index contributed by atoms with van der Waals surface area (Å²) in [6.45, 7) is 0. The second kappa shape index (κ2) is 6.07. The van der Waals surface area contributed by atoms with Gasteiger partial charge in [-0.05, 0) is 25.0 Å². The maximum absolute atomic E-state index is 13.1. The van der Waals surface area contributed by atoms with E-state index in [0.717, 1.165) is 25.0 Å². The van der Waals surface area contributed by atoms with Crippen LogP contribution in [0.25, 0.3) is 0 Å². The van der Waals surface area contributed by atoms with Crippen LogP contribution in [0.4, 0.5) is 14.9 Å². The third-order valence-corrected chi connectivity index (χ3v) is 4.06. The lowest BCUT2D eigenvalue weighted by Crippen LogP contribution is -2.53. The van der Waals surface area contributed by atoms with Crippen molar-refractivity contribution in [1.29, 1.82) is 0 Å². The van der Waals surface area contributed by atoms with Crippen molar-refractivity contribution in [2.45, 2.75) is 31.2 Å². The Bertz CT molecular complexity index is 566. The van der Waals surface area contributed by atoms with E-state index in [2.05, 4.69) is 10.6 Å². The number of amides is 2. The monoisotopic (exact) mass is 334 g/mol. The van der Waals surface area contributed by atoms with Gasteiger partial charge in [0.15, 0.2) is 0 Å². The Morgan fingerprint density at radius 1 is 1.19 bits per heavy atom. The summed E-state index contributed by atoms with van der Waals surface area (Å²) in [4.78, 5) is 23.3. The fraction of sp³-hybridized carbons (Fsp3) is 0.385. The lowest BCUT2D eigenvalue weighted by Gasteiger charge is -2.25. The standard InChI is InChI=1S/C13H13Cl2FN2O3/c14-8-5-7(16)6-9(15)10(8)17-12(21)18-13(11(19)20)3-1-2-4-13/h5-6H,1-4H2,(H,19,20)(H2,17,18,21). The molecule has 5 nitrogen and oxygen atoms in total. The normalized spacial score (nSPS) is 16.5. The summed E-state index contributed by atoms with van der Waals surface area (Å²) in [6, 6.07) is 1.27. The van der Waals surface area contributed by atoms with E-state index in [4.69, 9.17) is 23.2 Å². The van der Waals surface area contributed by atoms with Gasteiger partial charge in [0, 0.05) is 0 Å². The number of anilines is 1. The first kappa shape index (κ1) is 15.9. The number of carboxylic acids is 1. The lowest BCUT2D eigenvalue weighted by atomic mass is 9.98. The van der Waals surface area contributed by atoms with E-state index in [1.54, 1.807) is 0 Å². The molecule has 8 heteroatoms. The second-order valence-electron chi connectivity index (χ2n) is 4.92. The van der Waals surface area contributed by atoms with Crippen molar-refractivity contribution in [1.82, 2.24) is 5.32 Å². The number of hydrogen-bond donors (Lipinski definition) is 3. The molecule has 1 aromatic rings. The smallest absolute Gasteiger partial charge is 0.329 e. The molecule has 1 saturated carbocycles. The third-order valence-electron chi connectivity index (χ3n) is 3.46. The Kier molecular flexibility index (Phi) is 4.58. The molecule has 0 unspecified atom stereocenters. The Balaban J connectivity index is 2.14. The number of benzene rings is 1. The van der Waals surface area contributed by atoms with Crippen LogP contribution >= 0.6 is 23.2 Å². The van der Waals surface area contributed by atoms with Crippen molar-refractivity contribution in [3.63, 3.8) is 0 Å². The number of carbonyl (C=O) groups is 2. The highest BCUT2D eigenvalue weighted by atomic mass is 35.5. The highest BCUT2D eigenvalue weighted by molar-refractivity contribution is 6.39. The molecule has 0 saturated heterocycles. The average molecular weight is 335 g/mol. The minimum Gasteiger partial charge on any atom is -0.480 e. The quantitative estimate of drug-likeness (QED) is 0.789. The van der Waals surface area contributed by atoms with Crippen LogP contribution in [-0.4, -0.2) is 22.6 Å². The Morgan fingerprint density at radius 2 is 1.71 bits per heavy atom. The first-order chi connectivity index (χ1) is 9.84. The van der Waals surface area contributed by atoms with Gasteiger partial charge in [-0.1, -0.05) is 36.0 Å². The number of carboxylic acid groups (broad SMARTS) is 1. The number of carbonyl (C=O) groups excluding carboxylic acids is 1. The van der Waals surface area contributed by atoms with E-state index in [-0.39, 0.29) is 15.7 Å². The van der Waals surface area contributed by atoms with Gasteiger partial charge in [0.2, 0.25) is 0 Å². The average Bonchev–Trinajstić information content (AvgIpc) is 2.83. The largest absolute Gasteiger partial charge is 0.480 e. The maximum Gasteiger partial charge on any atom is 0.329 e. The highest BCUT2D eigenvalue weighted by Gasteiger charge is 2.42. The van der Waals surface area contributed by atoms with E-state index in [1.807, 2.05) is 0 Å². The van der Waals surface area contributed by atoms with Crippen molar-refractivity contribution in [2.75, 3.05) is 5.32 Å².